The van der Waals surface area contributed by atoms with Crippen molar-refractivity contribution in [2.45, 2.75) is 46.5 Å². The lowest BCUT2D eigenvalue weighted by molar-refractivity contribution is 0.132. The fourth-order valence-corrected chi connectivity index (χ4v) is 5.01. The summed E-state index contributed by atoms with van der Waals surface area (Å²) in [7, 11) is -2.89. The van der Waals surface area contributed by atoms with Gasteiger partial charge in [0.05, 0.1) is 6.61 Å². The third-order valence-electron chi connectivity index (χ3n) is 5.65. The quantitative estimate of drug-likeness (QED) is 0.391. The van der Waals surface area contributed by atoms with Gasteiger partial charge in [-0.15, -0.1) is 0 Å². The molecule has 0 saturated heterocycles. The van der Waals surface area contributed by atoms with E-state index in [2.05, 4.69) is 20.8 Å². The van der Waals surface area contributed by atoms with Crippen molar-refractivity contribution in [1.82, 2.24) is 0 Å². The minimum absolute atomic E-state index is 0.0948. The summed E-state index contributed by atoms with van der Waals surface area (Å²) in [4.78, 5) is 0. The molecular weight excluding hydrogens is 398 g/mol. The summed E-state index contributed by atoms with van der Waals surface area (Å²) in [5.41, 5.74) is 2.09. The van der Waals surface area contributed by atoms with Crippen LogP contribution in [0.2, 0.25) is 10.0 Å². The summed E-state index contributed by atoms with van der Waals surface area (Å²) in [6.45, 7) is 8.75. The molecule has 5 heteroatoms. The van der Waals surface area contributed by atoms with E-state index in [1.807, 2.05) is 30.3 Å². The summed E-state index contributed by atoms with van der Waals surface area (Å²) in [5.74, 6) is 0. The van der Waals surface area contributed by atoms with E-state index in [9.17, 15) is 4.57 Å². The molecule has 0 bridgehead atoms. The van der Waals surface area contributed by atoms with Gasteiger partial charge in [0, 0.05) is 22.0 Å². The fourth-order valence-electron chi connectivity index (χ4n) is 3.21. The highest BCUT2D eigenvalue weighted by Gasteiger charge is 2.29. The molecule has 2 nitrogen and oxygen atoms in total. The van der Waals surface area contributed by atoms with E-state index in [4.69, 9.17) is 27.7 Å². The second-order valence-electron chi connectivity index (χ2n) is 7.26. The summed E-state index contributed by atoms with van der Waals surface area (Å²) in [6, 6.07) is 13.2. The van der Waals surface area contributed by atoms with Crippen LogP contribution in [-0.2, 0) is 15.5 Å². The topological polar surface area (TPSA) is 26.3 Å². The van der Waals surface area contributed by atoms with Crippen molar-refractivity contribution in [3.63, 3.8) is 0 Å². The maximum absolute atomic E-state index is 13.3. The van der Waals surface area contributed by atoms with Gasteiger partial charge in [-0.1, -0.05) is 56.1 Å². The predicted molar refractivity (Wildman–Crippen MR) is 118 cm³/mol. The van der Waals surface area contributed by atoms with Crippen LogP contribution in [0.5, 0.6) is 0 Å². The molecular formula is C22H29Cl2O2P. The molecule has 0 aliphatic rings. The zero-order valence-corrected chi connectivity index (χ0v) is 19.0. The first kappa shape index (κ1) is 22.5. The van der Waals surface area contributed by atoms with E-state index < -0.39 is 7.37 Å². The van der Waals surface area contributed by atoms with E-state index in [1.54, 1.807) is 18.8 Å². The maximum atomic E-state index is 13.3. The highest BCUT2D eigenvalue weighted by Crippen LogP contribution is 2.45. The van der Waals surface area contributed by atoms with Crippen LogP contribution in [0.25, 0.3) is 0 Å². The molecule has 0 fully saturated rings. The molecule has 2 aromatic rings. The molecule has 1 unspecified atom stereocenters. The van der Waals surface area contributed by atoms with Gasteiger partial charge in [-0.2, -0.15) is 0 Å². The largest absolute Gasteiger partial charge is 0.325 e. The Morgan fingerprint density at radius 3 is 2.30 bits per heavy atom. The van der Waals surface area contributed by atoms with Gasteiger partial charge < -0.3 is 4.52 Å². The minimum atomic E-state index is -2.89. The molecule has 0 aliphatic carbocycles. The van der Waals surface area contributed by atoms with Crippen molar-refractivity contribution in [3.05, 3.63) is 63.6 Å². The first-order valence-electron chi connectivity index (χ1n) is 9.50. The smallest absolute Gasteiger partial charge is 0.229 e. The van der Waals surface area contributed by atoms with Crippen molar-refractivity contribution in [1.29, 1.82) is 0 Å². The highest BCUT2D eigenvalue weighted by atomic mass is 35.5. The van der Waals surface area contributed by atoms with Crippen LogP contribution < -0.4 is 5.30 Å². The molecule has 27 heavy (non-hydrogen) atoms. The summed E-state index contributed by atoms with van der Waals surface area (Å²) in [6.07, 6.45) is 3.70. The van der Waals surface area contributed by atoms with Crippen LogP contribution in [0.4, 0.5) is 0 Å². The Kier molecular flexibility index (Phi) is 8.01. The zero-order chi connectivity index (χ0) is 20.1. The number of hydrogen-bond acceptors (Lipinski definition) is 2. The number of hydrogen-bond donors (Lipinski definition) is 0. The van der Waals surface area contributed by atoms with Crippen molar-refractivity contribution in [2.75, 3.05) is 13.3 Å². The van der Waals surface area contributed by atoms with E-state index in [-0.39, 0.29) is 5.41 Å². The number of benzene rings is 2. The fraction of sp³-hybridized carbons (Fsp3) is 0.455. The first-order valence-corrected chi connectivity index (χ1v) is 12.3. The van der Waals surface area contributed by atoms with Crippen LogP contribution in [0.15, 0.2) is 42.5 Å². The molecule has 0 aliphatic heterocycles. The average Bonchev–Trinajstić information content (AvgIpc) is 2.66. The SMILES string of the molecule is CCC(CC)(CC)COP(C)(=O)c1cccc(Cc2cc(Cl)ccc2Cl)c1. The van der Waals surface area contributed by atoms with Crippen LogP contribution in [0.1, 0.15) is 51.2 Å². The van der Waals surface area contributed by atoms with E-state index in [0.717, 1.165) is 35.7 Å². The summed E-state index contributed by atoms with van der Waals surface area (Å²) >= 11 is 12.4. The molecule has 0 amide bonds. The minimum Gasteiger partial charge on any atom is -0.325 e. The summed E-state index contributed by atoms with van der Waals surface area (Å²) in [5, 5.41) is 2.08. The molecule has 1 atom stereocenters. The number of rotatable bonds is 9. The Morgan fingerprint density at radius 1 is 1.00 bits per heavy atom. The van der Waals surface area contributed by atoms with E-state index >= 15 is 0 Å². The normalized spacial score (nSPS) is 14.1. The van der Waals surface area contributed by atoms with Gasteiger partial charge >= 0.3 is 0 Å². The Morgan fingerprint density at radius 2 is 1.67 bits per heavy atom. The second-order valence-corrected chi connectivity index (χ2v) is 10.6. The highest BCUT2D eigenvalue weighted by molar-refractivity contribution is 7.66. The molecule has 0 heterocycles. The third kappa shape index (κ3) is 5.84. The van der Waals surface area contributed by atoms with Gasteiger partial charge in [0.2, 0.25) is 7.37 Å². The monoisotopic (exact) mass is 426 g/mol. The first-order chi connectivity index (χ1) is 12.7. The lowest BCUT2D eigenvalue weighted by Gasteiger charge is -2.31. The molecule has 0 spiro atoms. The van der Waals surface area contributed by atoms with Crippen LogP contribution in [-0.4, -0.2) is 13.3 Å². The third-order valence-corrected chi connectivity index (χ3v) is 8.09. The molecule has 148 valence electrons. The molecule has 0 saturated carbocycles. The lowest BCUT2D eigenvalue weighted by atomic mass is 9.81. The molecule has 2 rings (SSSR count). The van der Waals surface area contributed by atoms with Crippen molar-refractivity contribution in [2.24, 2.45) is 5.41 Å². The zero-order valence-electron chi connectivity index (χ0n) is 16.6. The van der Waals surface area contributed by atoms with Crippen LogP contribution in [0, 0.1) is 5.41 Å². The van der Waals surface area contributed by atoms with Crippen molar-refractivity contribution in [3.8, 4) is 0 Å². The molecule has 2 aromatic carbocycles. The maximum Gasteiger partial charge on any atom is 0.229 e. The molecule has 0 N–H and O–H groups in total. The Labute approximate surface area is 173 Å². The van der Waals surface area contributed by atoms with Crippen LogP contribution >= 0.6 is 30.6 Å². The average molecular weight is 427 g/mol. The lowest BCUT2D eigenvalue weighted by Crippen LogP contribution is -2.25. The van der Waals surface area contributed by atoms with E-state index in [0.29, 0.717) is 23.1 Å². The van der Waals surface area contributed by atoms with Crippen molar-refractivity contribution < 1.29 is 9.09 Å². The Balaban J connectivity index is 2.20. The predicted octanol–water partition coefficient (Wildman–Crippen LogP) is 7.35. The van der Waals surface area contributed by atoms with E-state index in [1.165, 1.54) is 0 Å². The Hall–Kier alpha value is -0.790. The van der Waals surface area contributed by atoms with Gasteiger partial charge in [-0.25, -0.2) is 0 Å². The summed E-state index contributed by atoms with van der Waals surface area (Å²) < 4.78 is 19.3. The Bertz CT molecular complexity index is 807. The van der Waals surface area contributed by atoms with Gasteiger partial charge in [-0.05, 0) is 72.6 Å². The standard InChI is InChI=1S/C22H29Cl2O2P/c1-5-22(6-2,7-3)16-26-27(4,25)20-10-8-9-17(14-20)13-18-15-19(23)11-12-21(18)24/h8-12,14-15H,5-7,13,16H2,1-4H3. The molecule has 0 aromatic heterocycles. The van der Waals surface area contributed by atoms with Gasteiger partial charge in [0.25, 0.3) is 0 Å². The van der Waals surface area contributed by atoms with Crippen molar-refractivity contribution >= 4 is 35.9 Å². The van der Waals surface area contributed by atoms with Gasteiger partial charge in [-0.3, -0.25) is 4.57 Å². The van der Waals surface area contributed by atoms with Gasteiger partial charge in [0.1, 0.15) is 0 Å². The second kappa shape index (κ2) is 9.61. The van der Waals surface area contributed by atoms with Crippen LogP contribution in [0.3, 0.4) is 0 Å². The number of halogens is 2. The molecule has 0 radical (unpaired) electrons. The van der Waals surface area contributed by atoms with Gasteiger partial charge in [0.15, 0.2) is 0 Å².